The van der Waals surface area contributed by atoms with E-state index in [1.165, 1.54) is 11.3 Å². The van der Waals surface area contributed by atoms with Gasteiger partial charge in [0.2, 0.25) is 0 Å². The first kappa shape index (κ1) is 15.3. The molecule has 0 N–H and O–H groups in total. The normalized spacial score (nSPS) is 11.2. The zero-order valence-corrected chi connectivity index (χ0v) is 13.8. The van der Waals surface area contributed by atoms with E-state index >= 15 is 0 Å². The third kappa shape index (κ3) is 3.72. The van der Waals surface area contributed by atoms with E-state index in [0.29, 0.717) is 0 Å². The maximum Gasteiger partial charge on any atom is 0.123 e. The molecular weight excluding hydrogens is 313 g/mol. The minimum atomic E-state index is 0.0247. The largest absolute Gasteiger partial charge is 0.303 e. The van der Waals surface area contributed by atoms with E-state index in [4.69, 9.17) is 23.2 Å². The fourth-order valence-electron chi connectivity index (χ4n) is 1.66. The van der Waals surface area contributed by atoms with Crippen LogP contribution in [0.1, 0.15) is 26.3 Å². The highest BCUT2D eigenvalue weighted by Gasteiger charge is 2.17. The second-order valence-electron chi connectivity index (χ2n) is 5.31. The first-order valence-electron chi connectivity index (χ1n) is 6.04. The molecule has 6 heteroatoms. The lowest BCUT2D eigenvalue weighted by Gasteiger charge is -2.23. The number of rotatable bonds is 3. The molecule has 0 aliphatic rings. The Hall–Kier alpha value is -1.10. The smallest absolute Gasteiger partial charge is 0.123 e. The molecule has 106 valence electrons. The van der Waals surface area contributed by atoms with Crippen molar-refractivity contribution in [2.24, 2.45) is 0 Å². The molecule has 0 aliphatic carbocycles. The van der Waals surface area contributed by atoms with Crippen LogP contribution < -0.4 is 4.90 Å². The summed E-state index contributed by atoms with van der Waals surface area (Å²) in [4.78, 5) is 10.3. The molecule has 0 unspecified atom stereocenters. The zero-order valence-electron chi connectivity index (χ0n) is 11.5. The summed E-state index contributed by atoms with van der Waals surface area (Å²) in [5, 5.41) is 0.927. The van der Waals surface area contributed by atoms with Crippen LogP contribution in [0.2, 0.25) is 0 Å². The first-order valence-corrected chi connectivity index (χ1v) is 7.67. The molecule has 2 aromatic rings. The SMILES string of the molecule is CC(C)(C)c1cncc(N(C=C(Cl)Cl)c2cncs2)c1. The predicted molar refractivity (Wildman–Crippen MR) is 87.0 cm³/mol. The van der Waals surface area contributed by atoms with Crippen LogP contribution in [0.4, 0.5) is 10.7 Å². The number of hydrogen-bond donors (Lipinski definition) is 0. The number of halogens is 2. The van der Waals surface area contributed by atoms with Gasteiger partial charge in [0.15, 0.2) is 0 Å². The minimum Gasteiger partial charge on any atom is -0.303 e. The molecule has 0 saturated heterocycles. The number of anilines is 2. The number of pyridine rings is 1. The van der Waals surface area contributed by atoms with Crippen LogP contribution >= 0.6 is 34.5 Å². The van der Waals surface area contributed by atoms with Gasteiger partial charge in [0, 0.05) is 12.4 Å². The average Bonchev–Trinajstić information content (AvgIpc) is 2.88. The summed E-state index contributed by atoms with van der Waals surface area (Å²) in [5.41, 5.74) is 3.83. The van der Waals surface area contributed by atoms with Gasteiger partial charge in [-0.3, -0.25) is 9.97 Å². The Morgan fingerprint density at radius 1 is 1.20 bits per heavy atom. The Kier molecular flexibility index (Phi) is 4.68. The summed E-state index contributed by atoms with van der Waals surface area (Å²) in [6.45, 7) is 6.44. The van der Waals surface area contributed by atoms with Gasteiger partial charge in [-0.15, -0.1) is 11.3 Å². The maximum atomic E-state index is 5.82. The summed E-state index contributed by atoms with van der Waals surface area (Å²) in [7, 11) is 0. The molecule has 0 aromatic carbocycles. The van der Waals surface area contributed by atoms with Crippen LogP contribution in [0.3, 0.4) is 0 Å². The van der Waals surface area contributed by atoms with Gasteiger partial charge >= 0.3 is 0 Å². The van der Waals surface area contributed by atoms with Crippen molar-refractivity contribution in [1.29, 1.82) is 0 Å². The summed E-state index contributed by atoms with van der Waals surface area (Å²) in [6.07, 6.45) is 7.07. The third-order valence-corrected chi connectivity index (χ3v) is 3.72. The average molecular weight is 328 g/mol. The lowest BCUT2D eigenvalue weighted by atomic mass is 9.88. The molecule has 0 aliphatic heterocycles. The first-order chi connectivity index (χ1) is 9.38. The molecule has 0 fully saturated rings. The Balaban J connectivity index is 2.47. The number of aromatic nitrogens is 2. The van der Waals surface area contributed by atoms with Gasteiger partial charge in [0.25, 0.3) is 0 Å². The Morgan fingerprint density at radius 3 is 2.50 bits per heavy atom. The second kappa shape index (κ2) is 6.12. The fourth-order valence-corrected chi connectivity index (χ4v) is 2.48. The predicted octanol–water partition coefficient (Wildman–Crippen LogP) is 5.25. The quantitative estimate of drug-likeness (QED) is 0.770. The van der Waals surface area contributed by atoms with Crippen molar-refractivity contribution in [3.63, 3.8) is 0 Å². The van der Waals surface area contributed by atoms with Crippen LogP contribution in [-0.4, -0.2) is 9.97 Å². The molecule has 3 nitrogen and oxygen atoms in total. The second-order valence-corrected chi connectivity index (χ2v) is 7.18. The minimum absolute atomic E-state index is 0.0247. The molecule has 0 amide bonds. The Labute approximate surface area is 132 Å². The zero-order chi connectivity index (χ0) is 14.8. The van der Waals surface area contributed by atoms with Crippen molar-refractivity contribution >= 4 is 45.2 Å². The van der Waals surface area contributed by atoms with Crippen LogP contribution in [0.25, 0.3) is 0 Å². The molecule has 2 rings (SSSR count). The van der Waals surface area contributed by atoms with Gasteiger partial charge in [-0.05, 0) is 17.0 Å². The Bertz CT molecular complexity index is 599. The van der Waals surface area contributed by atoms with Crippen molar-refractivity contribution in [1.82, 2.24) is 9.97 Å². The summed E-state index contributed by atoms with van der Waals surface area (Å²) < 4.78 is 0.180. The molecule has 0 spiro atoms. The summed E-state index contributed by atoms with van der Waals surface area (Å²) >= 11 is 13.1. The molecule has 0 atom stereocenters. The molecule has 0 radical (unpaired) electrons. The summed E-state index contributed by atoms with van der Waals surface area (Å²) in [6, 6.07) is 2.08. The van der Waals surface area contributed by atoms with Gasteiger partial charge in [0.1, 0.15) is 9.49 Å². The number of hydrogen-bond acceptors (Lipinski definition) is 4. The van der Waals surface area contributed by atoms with E-state index < -0.39 is 0 Å². The van der Waals surface area contributed by atoms with Crippen LogP contribution in [0, 0.1) is 0 Å². The molecular formula is C14H15Cl2N3S. The van der Waals surface area contributed by atoms with E-state index in [0.717, 1.165) is 16.3 Å². The van der Waals surface area contributed by atoms with E-state index in [1.807, 2.05) is 11.1 Å². The van der Waals surface area contributed by atoms with Crippen LogP contribution in [-0.2, 0) is 5.41 Å². The molecule has 0 bridgehead atoms. The Morgan fingerprint density at radius 2 is 1.95 bits per heavy atom. The van der Waals surface area contributed by atoms with Crippen LogP contribution in [0.15, 0.2) is 40.9 Å². The summed E-state index contributed by atoms with van der Waals surface area (Å²) in [5.74, 6) is 0. The van der Waals surface area contributed by atoms with Crippen molar-refractivity contribution in [3.05, 3.63) is 46.4 Å². The molecule has 0 saturated carbocycles. The molecule has 2 heterocycles. The standard InChI is InChI=1S/C14H15Cl2N3S/c1-14(2,3)10-4-11(6-17-5-10)19(8-12(15)16)13-7-18-9-20-13/h4-9H,1-3H3. The topological polar surface area (TPSA) is 29.0 Å². The van der Waals surface area contributed by atoms with Crippen LogP contribution in [0.5, 0.6) is 0 Å². The highest BCUT2D eigenvalue weighted by Crippen LogP contribution is 2.32. The van der Waals surface area contributed by atoms with Gasteiger partial charge in [0.05, 0.1) is 23.6 Å². The van der Waals surface area contributed by atoms with E-state index in [2.05, 4.69) is 36.8 Å². The third-order valence-electron chi connectivity index (χ3n) is 2.75. The van der Waals surface area contributed by atoms with Gasteiger partial charge in [-0.2, -0.15) is 0 Å². The molecule has 20 heavy (non-hydrogen) atoms. The van der Waals surface area contributed by atoms with Gasteiger partial charge < -0.3 is 4.90 Å². The van der Waals surface area contributed by atoms with Gasteiger partial charge in [-0.1, -0.05) is 44.0 Å². The highest BCUT2D eigenvalue weighted by molar-refractivity contribution is 7.13. The monoisotopic (exact) mass is 327 g/mol. The number of nitrogens with zero attached hydrogens (tertiary/aromatic N) is 3. The van der Waals surface area contributed by atoms with Crippen molar-refractivity contribution in [2.45, 2.75) is 26.2 Å². The van der Waals surface area contributed by atoms with Crippen molar-refractivity contribution < 1.29 is 0 Å². The van der Waals surface area contributed by atoms with Gasteiger partial charge in [-0.25, -0.2) is 0 Å². The molecule has 2 aromatic heterocycles. The highest BCUT2D eigenvalue weighted by atomic mass is 35.5. The lowest BCUT2D eigenvalue weighted by molar-refractivity contribution is 0.587. The lowest BCUT2D eigenvalue weighted by Crippen LogP contribution is -2.14. The number of thiazole rings is 1. The van der Waals surface area contributed by atoms with E-state index in [1.54, 1.807) is 24.1 Å². The van der Waals surface area contributed by atoms with Crippen molar-refractivity contribution in [2.75, 3.05) is 4.90 Å². The fraction of sp³-hybridized carbons (Fsp3) is 0.286. The maximum absolute atomic E-state index is 5.82. The van der Waals surface area contributed by atoms with Crippen molar-refractivity contribution in [3.8, 4) is 0 Å². The van der Waals surface area contributed by atoms with E-state index in [-0.39, 0.29) is 9.91 Å². The van der Waals surface area contributed by atoms with E-state index in [9.17, 15) is 0 Å².